The normalized spacial score (nSPS) is 10.4. The molecule has 0 aliphatic carbocycles. The average molecular weight is 341 g/mol. The van der Waals surface area contributed by atoms with Crippen molar-refractivity contribution in [3.8, 4) is 11.5 Å². The van der Waals surface area contributed by atoms with Crippen LogP contribution in [0.3, 0.4) is 0 Å². The van der Waals surface area contributed by atoms with E-state index in [1.54, 1.807) is 23.1 Å². The molecule has 2 aromatic carbocycles. The van der Waals surface area contributed by atoms with Crippen LogP contribution in [0.2, 0.25) is 0 Å². The van der Waals surface area contributed by atoms with Crippen LogP contribution < -0.4 is 14.4 Å². The highest BCUT2D eigenvalue weighted by Crippen LogP contribution is 2.28. The zero-order chi connectivity index (χ0) is 18.2. The first-order valence-corrected chi connectivity index (χ1v) is 8.28. The van der Waals surface area contributed by atoms with Gasteiger partial charge in [-0.3, -0.25) is 9.59 Å². The number of amides is 1. The summed E-state index contributed by atoms with van der Waals surface area (Å²) in [4.78, 5) is 25.3. The average Bonchev–Trinajstić information content (AvgIpc) is 2.61. The maximum Gasteiger partial charge on any atom is 0.265 e. The molecule has 0 aliphatic heterocycles. The van der Waals surface area contributed by atoms with Crippen molar-refractivity contribution in [2.45, 2.75) is 26.8 Å². The van der Waals surface area contributed by atoms with Crippen molar-refractivity contribution >= 4 is 17.9 Å². The van der Waals surface area contributed by atoms with Gasteiger partial charge in [-0.25, -0.2) is 0 Å². The fourth-order valence-corrected chi connectivity index (χ4v) is 2.51. The Bertz CT molecular complexity index is 713. The van der Waals surface area contributed by atoms with Crippen LogP contribution in [0, 0.1) is 0 Å². The highest BCUT2D eigenvalue weighted by molar-refractivity contribution is 5.95. The van der Waals surface area contributed by atoms with Crippen molar-refractivity contribution in [3.63, 3.8) is 0 Å². The standard InChI is InChI=1S/C20H23NO4/c1-4-24-19-12-16(13-22)10-11-18(19)25-14-20(23)21(15(2)3)17-8-6-5-7-9-17/h5-13,15H,4,14H2,1-3H3. The summed E-state index contributed by atoms with van der Waals surface area (Å²) in [6, 6.07) is 14.4. The van der Waals surface area contributed by atoms with E-state index in [1.165, 1.54) is 0 Å². The van der Waals surface area contributed by atoms with Gasteiger partial charge in [0.15, 0.2) is 18.1 Å². The Labute approximate surface area is 148 Å². The second-order valence-corrected chi connectivity index (χ2v) is 5.74. The summed E-state index contributed by atoms with van der Waals surface area (Å²) >= 11 is 0. The molecule has 0 atom stereocenters. The Hall–Kier alpha value is -2.82. The van der Waals surface area contributed by atoms with Crippen LogP contribution in [0.25, 0.3) is 0 Å². The second-order valence-electron chi connectivity index (χ2n) is 5.74. The molecular formula is C20H23NO4. The van der Waals surface area contributed by atoms with E-state index in [1.807, 2.05) is 51.1 Å². The molecule has 0 heterocycles. The highest BCUT2D eigenvalue weighted by atomic mass is 16.5. The van der Waals surface area contributed by atoms with Gasteiger partial charge < -0.3 is 14.4 Å². The van der Waals surface area contributed by atoms with Crippen LogP contribution in [0.5, 0.6) is 11.5 Å². The molecule has 2 rings (SSSR count). The zero-order valence-electron chi connectivity index (χ0n) is 14.8. The lowest BCUT2D eigenvalue weighted by atomic mass is 10.2. The molecular weight excluding hydrogens is 318 g/mol. The van der Waals surface area contributed by atoms with Crippen LogP contribution in [-0.4, -0.2) is 31.4 Å². The Kier molecular flexibility index (Phi) is 6.57. The minimum Gasteiger partial charge on any atom is -0.490 e. The molecule has 0 unspecified atom stereocenters. The minimum atomic E-state index is -0.150. The highest BCUT2D eigenvalue weighted by Gasteiger charge is 2.20. The quantitative estimate of drug-likeness (QED) is 0.687. The molecule has 0 aliphatic rings. The summed E-state index contributed by atoms with van der Waals surface area (Å²) in [5, 5.41) is 0. The lowest BCUT2D eigenvalue weighted by Gasteiger charge is -2.27. The summed E-state index contributed by atoms with van der Waals surface area (Å²) in [6.07, 6.45) is 0.743. The molecule has 2 aromatic rings. The number of carbonyl (C=O) groups excluding carboxylic acids is 2. The van der Waals surface area contributed by atoms with Gasteiger partial charge in [0.05, 0.1) is 6.61 Å². The van der Waals surface area contributed by atoms with Gasteiger partial charge in [-0.2, -0.15) is 0 Å². The van der Waals surface area contributed by atoms with Crippen LogP contribution in [0.4, 0.5) is 5.69 Å². The number of hydrogen-bond acceptors (Lipinski definition) is 4. The first-order chi connectivity index (χ1) is 12.1. The summed E-state index contributed by atoms with van der Waals surface area (Å²) in [5.74, 6) is 0.747. The van der Waals surface area contributed by atoms with Gasteiger partial charge in [0, 0.05) is 17.3 Å². The zero-order valence-corrected chi connectivity index (χ0v) is 14.8. The third kappa shape index (κ3) is 4.83. The fourth-order valence-electron chi connectivity index (χ4n) is 2.51. The number of rotatable bonds is 8. The number of hydrogen-bond donors (Lipinski definition) is 0. The number of anilines is 1. The van der Waals surface area contributed by atoms with Crippen molar-refractivity contribution in [3.05, 3.63) is 54.1 Å². The molecule has 1 amide bonds. The van der Waals surface area contributed by atoms with Gasteiger partial charge in [-0.05, 0) is 51.1 Å². The Morgan fingerprint density at radius 3 is 2.40 bits per heavy atom. The SMILES string of the molecule is CCOc1cc(C=O)ccc1OCC(=O)N(c1ccccc1)C(C)C. The molecule has 0 spiro atoms. The molecule has 5 heteroatoms. The molecule has 25 heavy (non-hydrogen) atoms. The predicted molar refractivity (Wildman–Crippen MR) is 97.6 cm³/mol. The second kappa shape index (κ2) is 8.87. The van der Waals surface area contributed by atoms with Crippen molar-refractivity contribution < 1.29 is 19.1 Å². The molecule has 0 bridgehead atoms. The minimum absolute atomic E-state index is 0.00213. The summed E-state index contributed by atoms with van der Waals surface area (Å²) < 4.78 is 11.2. The molecule has 0 aromatic heterocycles. The van der Waals surface area contributed by atoms with E-state index in [0.717, 1.165) is 12.0 Å². The molecule has 5 nitrogen and oxygen atoms in total. The Morgan fingerprint density at radius 1 is 1.08 bits per heavy atom. The smallest absolute Gasteiger partial charge is 0.265 e. The van der Waals surface area contributed by atoms with E-state index in [2.05, 4.69) is 0 Å². The maximum absolute atomic E-state index is 12.7. The molecule has 0 saturated carbocycles. The number of ether oxygens (including phenoxy) is 2. The summed E-state index contributed by atoms with van der Waals surface area (Å²) in [5.41, 5.74) is 1.32. The van der Waals surface area contributed by atoms with Crippen LogP contribution in [0.1, 0.15) is 31.1 Å². The van der Waals surface area contributed by atoms with Gasteiger partial charge in [-0.15, -0.1) is 0 Å². The maximum atomic E-state index is 12.7. The Balaban J connectivity index is 2.14. The third-order valence-electron chi connectivity index (χ3n) is 3.57. The number of para-hydroxylation sites is 1. The first-order valence-electron chi connectivity index (χ1n) is 8.28. The van der Waals surface area contributed by atoms with E-state index < -0.39 is 0 Å². The molecule has 132 valence electrons. The molecule has 0 fully saturated rings. The summed E-state index contributed by atoms with van der Waals surface area (Å²) in [7, 11) is 0. The summed E-state index contributed by atoms with van der Waals surface area (Å²) in [6.45, 7) is 6.07. The lowest BCUT2D eigenvalue weighted by molar-refractivity contribution is -0.120. The lowest BCUT2D eigenvalue weighted by Crippen LogP contribution is -2.40. The van der Waals surface area contributed by atoms with Crippen molar-refractivity contribution in [2.75, 3.05) is 18.1 Å². The van der Waals surface area contributed by atoms with Gasteiger partial charge in [0.25, 0.3) is 5.91 Å². The first kappa shape index (κ1) is 18.5. The number of carbonyl (C=O) groups is 2. The fraction of sp³-hybridized carbons (Fsp3) is 0.300. The van der Waals surface area contributed by atoms with Crippen molar-refractivity contribution in [1.29, 1.82) is 0 Å². The number of nitrogens with zero attached hydrogens (tertiary/aromatic N) is 1. The van der Waals surface area contributed by atoms with Gasteiger partial charge in [-0.1, -0.05) is 18.2 Å². The third-order valence-corrected chi connectivity index (χ3v) is 3.57. The van der Waals surface area contributed by atoms with E-state index in [-0.39, 0.29) is 18.6 Å². The van der Waals surface area contributed by atoms with Crippen LogP contribution >= 0.6 is 0 Å². The topological polar surface area (TPSA) is 55.8 Å². The van der Waals surface area contributed by atoms with Crippen LogP contribution in [0.15, 0.2) is 48.5 Å². The van der Waals surface area contributed by atoms with E-state index in [0.29, 0.717) is 23.7 Å². The number of benzene rings is 2. The molecule has 0 N–H and O–H groups in total. The molecule has 0 radical (unpaired) electrons. The van der Waals surface area contributed by atoms with E-state index in [9.17, 15) is 9.59 Å². The van der Waals surface area contributed by atoms with E-state index in [4.69, 9.17) is 9.47 Å². The van der Waals surface area contributed by atoms with E-state index >= 15 is 0 Å². The number of aldehydes is 1. The molecule has 0 saturated heterocycles. The largest absolute Gasteiger partial charge is 0.490 e. The van der Waals surface area contributed by atoms with Crippen LogP contribution in [-0.2, 0) is 4.79 Å². The van der Waals surface area contributed by atoms with Crippen molar-refractivity contribution in [1.82, 2.24) is 0 Å². The van der Waals surface area contributed by atoms with Crippen molar-refractivity contribution in [2.24, 2.45) is 0 Å². The van der Waals surface area contributed by atoms with Gasteiger partial charge in [0.2, 0.25) is 0 Å². The Morgan fingerprint density at radius 2 is 1.80 bits per heavy atom. The van der Waals surface area contributed by atoms with Gasteiger partial charge in [0.1, 0.15) is 6.29 Å². The predicted octanol–water partition coefficient (Wildman–Crippen LogP) is 3.72. The van der Waals surface area contributed by atoms with Gasteiger partial charge >= 0.3 is 0 Å². The monoisotopic (exact) mass is 341 g/mol.